The molecule has 1 fully saturated rings. The highest BCUT2D eigenvalue weighted by Gasteiger charge is 2.23. The summed E-state index contributed by atoms with van der Waals surface area (Å²) in [6, 6.07) is 1.97. The van der Waals surface area contributed by atoms with Gasteiger partial charge in [-0.05, 0) is 12.8 Å². The lowest BCUT2D eigenvalue weighted by molar-refractivity contribution is 0.251. The van der Waals surface area contributed by atoms with Gasteiger partial charge in [0.1, 0.15) is 0 Å². The first-order chi connectivity index (χ1) is 6.24. The van der Waals surface area contributed by atoms with Gasteiger partial charge in [-0.3, -0.25) is 10.00 Å². The average molecular weight is 180 g/mol. The maximum absolute atomic E-state index is 11.2. The predicted octanol–water partition coefficient (Wildman–Crippen LogP) is 0.704. The van der Waals surface area contributed by atoms with E-state index in [0.717, 1.165) is 12.8 Å². The number of rotatable bonds is 2. The molecule has 0 aromatic carbocycles. The fourth-order valence-corrected chi connectivity index (χ4v) is 1.05. The first-order valence-electron chi connectivity index (χ1n) is 4.31. The molecule has 5 nitrogen and oxygen atoms in total. The number of hydrogen-bond donors (Lipinski definition) is 2. The van der Waals surface area contributed by atoms with Gasteiger partial charge in [0.05, 0.1) is 0 Å². The van der Waals surface area contributed by atoms with E-state index >= 15 is 0 Å². The molecule has 0 spiro atoms. The summed E-state index contributed by atoms with van der Waals surface area (Å²) in [4.78, 5) is 11.2. The molecule has 5 heteroatoms. The van der Waals surface area contributed by atoms with E-state index in [-0.39, 0.29) is 6.03 Å². The monoisotopic (exact) mass is 180 g/mol. The van der Waals surface area contributed by atoms with Crippen LogP contribution in [0.2, 0.25) is 0 Å². The van der Waals surface area contributed by atoms with Crippen molar-refractivity contribution < 1.29 is 4.79 Å². The largest absolute Gasteiger partial charge is 0.335 e. The lowest BCUT2D eigenvalue weighted by Gasteiger charge is -2.02. The molecule has 0 saturated heterocycles. The van der Waals surface area contributed by atoms with E-state index in [0.29, 0.717) is 11.9 Å². The molecule has 2 N–H and O–H groups in total. The highest BCUT2D eigenvalue weighted by molar-refractivity contribution is 5.88. The molecule has 1 aliphatic carbocycles. The average Bonchev–Trinajstić information content (AvgIpc) is 2.76. The number of hydrogen-bond acceptors (Lipinski definition) is 2. The Balaban J connectivity index is 1.85. The minimum Gasteiger partial charge on any atom is -0.335 e. The number of carbonyl (C=O) groups excluding carboxylic acids is 1. The van der Waals surface area contributed by atoms with Crippen LogP contribution in [-0.4, -0.2) is 21.9 Å². The lowest BCUT2D eigenvalue weighted by atomic mass is 10.6. The van der Waals surface area contributed by atoms with Crippen LogP contribution in [0.4, 0.5) is 10.6 Å². The molecule has 70 valence electrons. The summed E-state index contributed by atoms with van der Waals surface area (Å²) in [6.07, 6.45) is 3.97. The van der Waals surface area contributed by atoms with E-state index in [1.165, 1.54) is 0 Å². The van der Waals surface area contributed by atoms with Crippen molar-refractivity contribution in [3.8, 4) is 0 Å². The van der Waals surface area contributed by atoms with E-state index in [1.54, 1.807) is 16.9 Å². The van der Waals surface area contributed by atoms with E-state index < -0.39 is 0 Å². The molecule has 1 aliphatic rings. The molecule has 1 heterocycles. The third-order valence-corrected chi connectivity index (χ3v) is 1.87. The van der Waals surface area contributed by atoms with Crippen molar-refractivity contribution in [1.29, 1.82) is 0 Å². The van der Waals surface area contributed by atoms with Crippen molar-refractivity contribution in [2.24, 2.45) is 7.05 Å². The van der Waals surface area contributed by atoms with Crippen LogP contribution in [0.25, 0.3) is 0 Å². The predicted molar refractivity (Wildman–Crippen MR) is 48.4 cm³/mol. The second-order valence-corrected chi connectivity index (χ2v) is 3.25. The zero-order valence-corrected chi connectivity index (χ0v) is 7.45. The number of nitrogens with one attached hydrogen (secondary N) is 2. The summed E-state index contributed by atoms with van der Waals surface area (Å²) in [5.74, 6) is 0.584. The highest BCUT2D eigenvalue weighted by Crippen LogP contribution is 2.18. The summed E-state index contributed by atoms with van der Waals surface area (Å²) < 4.78 is 1.65. The molecule has 0 radical (unpaired) electrons. The van der Waals surface area contributed by atoms with E-state index in [4.69, 9.17) is 0 Å². The molecule has 0 unspecified atom stereocenters. The minimum atomic E-state index is -0.166. The van der Waals surface area contributed by atoms with Crippen LogP contribution in [0.15, 0.2) is 12.3 Å². The maximum Gasteiger partial charge on any atom is 0.320 e. The maximum atomic E-state index is 11.2. The zero-order chi connectivity index (χ0) is 9.26. The van der Waals surface area contributed by atoms with Crippen LogP contribution in [0.5, 0.6) is 0 Å². The Morgan fingerprint density at radius 1 is 1.69 bits per heavy atom. The molecule has 1 aromatic heterocycles. The molecule has 13 heavy (non-hydrogen) atoms. The number of aromatic nitrogens is 2. The number of amides is 2. The van der Waals surface area contributed by atoms with Crippen molar-refractivity contribution in [3.63, 3.8) is 0 Å². The Labute approximate surface area is 76.1 Å². The Morgan fingerprint density at radius 2 is 2.46 bits per heavy atom. The normalized spacial score (nSPS) is 15.5. The molecule has 0 bridgehead atoms. The third kappa shape index (κ3) is 2.21. The summed E-state index contributed by atoms with van der Waals surface area (Å²) in [6.45, 7) is 0. The van der Waals surface area contributed by atoms with Gasteiger partial charge >= 0.3 is 6.03 Å². The van der Waals surface area contributed by atoms with Crippen molar-refractivity contribution >= 4 is 11.8 Å². The summed E-state index contributed by atoms with van der Waals surface area (Å²) >= 11 is 0. The smallest absolute Gasteiger partial charge is 0.320 e. The molecule has 2 rings (SSSR count). The van der Waals surface area contributed by atoms with Crippen LogP contribution in [-0.2, 0) is 7.05 Å². The minimum absolute atomic E-state index is 0.166. The Hall–Kier alpha value is -1.52. The first kappa shape index (κ1) is 8.10. The molecule has 1 aromatic rings. The Kier molecular flexibility index (Phi) is 1.92. The van der Waals surface area contributed by atoms with Crippen LogP contribution in [0.3, 0.4) is 0 Å². The first-order valence-corrected chi connectivity index (χ1v) is 4.31. The number of carbonyl (C=O) groups is 1. The molecule has 2 amide bonds. The van der Waals surface area contributed by atoms with Crippen molar-refractivity contribution in [3.05, 3.63) is 12.3 Å². The highest BCUT2D eigenvalue weighted by atomic mass is 16.2. The molecule has 0 aliphatic heterocycles. The van der Waals surface area contributed by atoms with Crippen LogP contribution in [0, 0.1) is 0 Å². The number of nitrogens with zero attached hydrogens (tertiary/aromatic N) is 2. The summed E-state index contributed by atoms with van der Waals surface area (Å²) in [5, 5.41) is 9.49. The van der Waals surface area contributed by atoms with Crippen LogP contribution >= 0.6 is 0 Å². The van der Waals surface area contributed by atoms with Gasteiger partial charge in [-0.15, -0.1) is 0 Å². The third-order valence-electron chi connectivity index (χ3n) is 1.87. The van der Waals surface area contributed by atoms with E-state index in [9.17, 15) is 4.79 Å². The van der Waals surface area contributed by atoms with Crippen molar-refractivity contribution in [2.75, 3.05) is 5.32 Å². The standard InChI is InChI=1S/C8H12N4O/c1-12-5-4-7(11-12)10-8(13)9-6-2-3-6/h4-6H,2-3H2,1H3,(H2,9,10,11,13). The summed E-state index contributed by atoms with van der Waals surface area (Å²) in [7, 11) is 1.81. The fourth-order valence-electron chi connectivity index (χ4n) is 1.05. The fraction of sp³-hybridized carbons (Fsp3) is 0.500. The van der Waals surface area contributed by atoms with E-state index in [1.807, 2.05) is 7.05 Å². The molecule has 1 saturated carbocycles. The Bertz CT molecular complexity index is 316. The van der Waals surface area contributed by atoms with Crippen LogP contribution in [0.1, 0.15) is 12.8 Å². The SMILES string of the molecule is Cn1ccc(NC(=O)NC2CC2)n1. The van der Waals surface area contributed by atoms with Gasteiger partial charge in [0.25, 0.3) is 0 Å². The molecular weight excluding hydrogens is 168 g/mol. The topological polar surface area (TPSA) is 59.0 Å². The van der Waals surface area contributed by atoms with Gasteiger partial charge in [0.15, 0.2) is 5.82 Å². The van der Waals surface area contributed by atoms with Gasteiger partial charge in [-0.1, -0.05) is 0 Å². The van der Waals surface area contributed by atoms with Crippen molar-refractivity contribution in [1.82, 2.24) is 15.1 Å². The number of anilines is 1. The van der Waals surface area contributed by atoms with Crippen LogP contribution < -0.4 is 10.6 Å². The zero-order valence-electron chi connectivity index (χ0n) is 7.45. The second-order valence-electron chi connectivity index (χ2n) is 3.25. The lowest BCUT2D eigenvalue weighted by Crippen LogP contribution is -2.30. The van der Waals surface area contributed by atoms with Gasteiger partial charge in [0.2, 0.25) is 0 Å². The van der Waals surface area contributed by atoms with Gasteiger partial charge < -0.3 is 5.32 Å². The summed E-state index contributed by atoms with van der Waals surface area (Å²) in [5.41, 5.74) is 0. The van der Waals surface area contributed by atoms with Crippen molar-refractivity contribution in [2.45, 2.75) is 18.9 Å². The molecule has 0 atom stereocenters. The Morgan fingerprint density at radius 3 is 3.00 bits per heavy atom. The van der Waals surface area contributed by atoms with Gasteiger partial charge in [-0.2, -0.15) is 5.10 Å². The molecular formula is C8H12N4O. The number of aryl methyl sites for hydroxylation is 1. The second kappa shape index (κ2) is 3.08. The quantitative estimate of drug-likeness (QED) is 0.704. The van der Waals surface area contributed by atoms with Gasteiger partial charge in [-0.25, -0.2) is 4.79 Å². The van der Waals surface area contributed by atoms with E-state index in [2.05, 4.69) is 15.7 Å². The number of urea groups is 1. The van der Waals surface area contributed by atoms with Gasteiger partial charge in [0, 0.05) is 25.4 Å².